The van der Waals surface area contributed by atoms with Crippen molar-refractivity contribution < 1.29 is 33.8 Å². The molecule has 0 bridgehead atoms. The van der Waals surface area contributed by atoms with Gasteiger partial charge in [-0.2, -0.15) is 0 Å². The number of ether oxygens (including phenoxy) is 1. The first-order valence-electron chi connectivity index (χ1n) is 13.4. The second kappa shape index (κ2) is 11.4. The molecule has 5 atom stereocenters. The molecule has 0 spiro atoms. The zero-order valence-corrected chi connectivity index (χ0v) is 23.5. The minimum atomic E-state index is -1.14. The molecule has 0 radical (unpaired) electrons. The maximum Gasteiger partial charge on any atom is 0.410 e. The molecule has 11 nitrogen and oxygen atoms in total. The number of amides is 4. The van der Waals surface area contributed by atoms with Crippen LogP contribution >= 0.6 is 11.8 Å². The second-order valence-corrected chi connectivity index (χ2v) is 12.6. The van der Waals surface area contributed by atoms with Crippen LogP contribution in [0.5, 0.6) is 0 Å². The number of fused-ring (bicyclic) bond motifs is 1. The Morgan fingerprint density at radius 1 is 1.07 bits per heavy atom. The summed E-state index contributed by atoms with van der Waals surface area (Å²) in [7, 11) is 0. The first kappa shape index (κ1) is 28.5. The summed E-state index contributed by atoms with van der Waals surface area (Å²) in [5.74, 6) is -2.68. The Hall–Kier alpha value is -4.06. The third kappa shape index (κ3) is 5.61. The lowest BCUT2D eigenvalue weighted by atomic mass is 9.95. The van der Waals surface area contributed by atoms with Crippen molar-refractivity contribution in [3.63, 3.8) is 0 Å². The van der Waals surface area contributed by atoms with Crippen LogP contribution in [0.4, 0.5) is 4.79 Å². The summed E-state index contributed by atoms with van der Waals surface area (Å²) in [6.45, 7) is 3.93. The Morgan fingerprint density at radius 3 is 2.39 bits per heavy atom. The number of likely N-dealkylation sites (tertiary alicyclic amines) is 1. The number of benzene rings is 2. The van der Waals surface area contributed by atoms with Crippen molar-refractivity contribution >= 4 is 41.5 Å². The molecule has 3 fully saturated rings. The van der Waals surface area contributed by atoms with Crippen molar-refractivity contribution in [2.45, 2.75) is 67.6 Å². The Bertz CT molecular complexity index is 1340. The number of nitrogens with zero attached hydrogens (tertiary/aromatic N) is 2. The van der Waals surface area contributed by atoms with E-state index < -0.39 is 64.1 Å². The van der Waals surface area contributed by atoms with Crippen LogP contribution in [0.1, 0.15) is 43.9 Å². The Morgan fingerprint density at radius 2 is 1.73 bits per heavy atom. The SMILES string of the molecule is CC1(C)S[C@@H]2C(NC(=O)C(NC(=O)[C@H]3CCCN3C(=O)OCc3ccccc3)c3ccccc3)C(=O)N2[C@H]1C(=O)O. The van der Waals surface area contributed by atoms with Crippen LogP contribution in [-0.4, -0.2) is 79.5 Å². The zero-order valence-electron chi connectivity index (χ0n) is 22.7. The van der Waals surface area contributed by atoms with Gasteiger partial charge >= 0.3 is 12.1 Å². The first-order chi connectivity index (χ1) is 19.6. The van der Waals surface area contributed by atoms with E-state index in [0.29, 0.717) is 24.9 Å². The maximum absolute atomic E-state index is 13.6. The fraction of sp³-hybridized carbons (Fsp3) is 0.414. The van der Waals surface area contributed by atoms with E-state index in [0.717, 1.165) is 5.56 Å². The second-order valence-electron chi connectivity index (χ2n) is 10.8. The van der Waals surface area contributed by atoms with Gasteiger partial charge in [0, 0.05) is 11.3 Å². The van der Waals surface area contributed by atoms with Crippen molar-refractivity contribution in [2.24, 2.45) is 0 Å². The highest BCUT2D eigenvalue weighted by atomic mass is 32.2. The molecule has 0 aliphatic carbocycles. The van der Waals surface area contributed by atoms with Gasteiger partial charge < -0.3 is 25.4 Å². The number of nitrogens with one attached hydrogen (secondary N) is 2. The Labute approximate surface area is 241 Å². The lowest BCUT2D eigenvalue weighted by Gasteiger charge is -2.44. The number of carbonyl (C=O) groups excluding carboxylic acids is 4. The number of thioether (sulfide) groups is 1. The monoisotopic (exact) mass is 580 g/mol. The third-order valence-electron chi connectivity index (χ3n) is 7.65. The van der Waals surface area contributed by atoms with E-state index in [9.17, 15) is 29.1 Å². The average molecular weight is 581 g/mol. The molecule has 2 aromatic rings. The van der Waals surface area contributed by atoms with Crippen LogP contribution < -0.4 is 10.6 Å². The molecule has 4 amide bonds. The number of hydrogen-bond acceptors (Lipinski definition) is 7. The summed E-state index contributed by atoms with van der Waals surface area (Å²) in [6, 6.07) is 14.0. The van der Waals surface area contributed by atoms with Gasteiger partial charge in [-0.25, -0.2) is 9.59 Å². The molecule has 0 aromatic heterocycles. The molecule has 3 aliphatic rings. The van der Waals surface area contributed by atoms with Gasteiger partial charge in [-0.05, 0) is 37.8 Å². The minimum absolute atomic E-state index is 0.0741. The van der Waals surface area contributed by atoms with Crippen molar-refractivity contribution in [2.75, 3.05) is 6.54 Å². The number of hydrogen-bond donors (Lipinski definition) is 3. The standard InChI is InChI=1S/C29H32N4O7S/c1-29(2)22(27(37)38)33-25(36)21(26(33)41-29)31-24(35)20(18-12-7-4-8-13-18)30-23(34)19-14-9-15-32(19)28(39)40-16-17-10-5-3-6-11-17/h3-8,10-13,19-22,26H,9,14-16H2,1-2H3,(H,30,34)(H,31,35)(H,37,38)/t19-,20?,21?,22+,26-/m1/s1. The largest absolute Gasteiger partial charge is 0.480 e. The predicted molar refractivity (Wildman–Crippen MR) is 149 cm³/mol. The van der Waals surface area contributed by atoms with Crippen LogP contribution in [0.15, 0.2) is 60.7 Å². The van der Waals surface area contributed by atoms with Gasteiger partial charge in [0.25, 0.3) is 0 Å². The summed E-state index contributed by atoms with van der Waals surface area (Å²) in [4.78, 5) is 67.3. The molecule has 41 heavy (non-hydrogen) atoms. The van der Waals surface area contributed by atoms with Gasteiger partial charge in [0.1, 0.15) is 36.1 Å². The molecule has 2 aromatic carbocycles. The van der Waals surface area contributed by atoms with Gasteiger partial charge in [-0.15, -0.1) is 11.8 Å². The van der Waals surface area contributed by atoms with Crippen LogP contribution in [0.3, 0.4) is 0 Å². The molecule has 3 saturated heterocycles. The highest BCUT2D eigenvalue weighted by molar-refractivity contribution is 8.01. The topological polar surface area (TPSA) is 145 Å². The van der Waals surface area contributed by atoms with Gasteiger partial charge in [-0.3, -0.25) is 19.3 Å². The number of rotatable bonds is 8. The van der Waals surface area contributed by atoms with E-state index in [1.54, 1.807) is 44.2 Å². The number of carbonyl (C=O) groups is 5. The number of carboxylic acids is 1. The van der Waals surface area contributed by atoms with Gasteiger partial charge in [0.2, 0.25) is 17.7 Å². The van der Waals surface area contributed by atoms with Gasteiger partial charge in [-0.1, -0.05) is 60.7 Å². The van der Waals surface area contributed by atoms with Gasteiger partial charge in [0.15, 0.2) is 0 Å². The summed E-state index contributed by atoms with van der Waals surface area (Å²) >= 11 is 1.32. The normalized spacial score (nSPS) is 25.1. The van der Waals surface area contributed by atoms with E-state index in [1.165, 1.54) is 21.6 Å². The molecule has 5 rings (SSSR count). The molecule has 2 unspecified atom stereocenters. The zero-order chi connectivity index (χ0) is 29.3. The molecule has 3 heterocycles. The number of β-lactam (4-membered cyclic amide) rings is 1. The lowest BCUT2D eigenvalue weighted by Crippen LogP contribution is -2.71. The van der Waals surface area contributed by atoms with E-state index in [-0.39, 0.29) is 6.61 Å². The maximum atomic E-state index is 13.6. The van der Waals surface area contributed by atoms with Crippen LogP contribution in [0.2, 0.25) is 0 Å². The molecule has 3 N–H and O–H groups in total. The van der Waals surface area contributed by atoms with Crippen molar-refractivity contribution in [1.82, 2.24) is 20.4 Å². The smallest absolute Gasteiger partial charge is 0.410 e. The van der Waals surface area contributed by atoms with Crippen LogP contribution in [-0.2, 0) is 30.5 Å². The molecule has 216 valence electrons. The van der Waals surface area contributed by atoms with E-state index >= 15 is 0 Å². The van der Waals surface area contributed by atoms with Gasteiger partial charge in [0.05, 0.1) is 0 Å². The number of aliphatic carboxylic acids is 1. The van der Waals surface area contributed by atoms with E-state index in [4.69, 9.17) is 4.74 Å². The quantitative estimate of drug-likeness (QED) is 0.404. The lowest BCUT2D eigenvalue weighted by molar-refractivity contribution is -0.161. The molecular weight excluding hydrogens is 548 g/mol. The van der Waals surface area contributed by atoms with Crippen LogP contribution in [0, 0.1) is 0 Å². The predicted octanol–water partition coefficient (Wildman–Crippen LogP) is 2.28. The summed E-state index contributed by atoms with van der Waals surface area (Å²) < 4.78 is 4.70. The van der Waals surface area contributed by atoms with Crippen LogP contribution in [0.25, 0.3) is 0 Å². The van der Waals surface area contributed by atoms with Crippen molar-refractivity contribution in [1.29, 1.82) is 0 Å². The third-order valence-corrected chi connectivity index (χ3v) is 9.22. The minimum Gasteiger partial charge on any atom is -0.480 e. The average Bonchev–Trinajstić information content (AvgIpc) is 3.55. The number of carboxylic acid groups (broad SMARTS) is 1. The summed E-state index contributed by atoms with van der Waals surface area (Å²) in [5, 5.41) is 14.7. The molecule has 3 aliphatic heterocycles. The van der Waals surface area contributed by atoms with Crippen molar-refractivity contribution in [3.05, 3.63) is 71.8 Å². The highest BCUT2D eigenvalue weighted by Gasteiger charge is 2.64. The van der Waals surface area contributed by atoms with E-state index in [2.05, 4.69) is 10.6 Å². The summed E-state index contributed by atoms with van der Waals surface area (Å²) in [5.41, 5.74) is 1.32. The molecular formula is C29H32N4O7S. The van der Waals surface area contributed by atoms with Crippen molar-refractivity contribution in [3.8, 4) is 0 Å². The molecule has 0 saturated carbocycles. The first-order valence-corrected chi connectivity index (χ1v) is 14.3. The van der Waals surface area contributed by atoms with E-state index in [1.807, 2.05) is 30.3 Å². The Balaban J connectivity index is 1.27. The summed E-state index contributed by atoms with van der Waals surface area (Å²) in [6.07, 6.45) is 0.406. The Kier molecular flexibility index (Phi) is 7.94. The molecule has 12 heteroatoms. The fourth-order valence-electron chi connectivity index (χ4n) is 5.63. The fourth-order valence-corrected chi connectivity index (χ4v) is 7.25. The highest BCUT2D eigenvalue weighted by Crippen LogP contribution is 2.50.